The van der Waals surface area contributed by atoms with Gasteiger partial charge in [0.2, 0.25) is 0 Å². The molecule has 0 radical (unpaired) electrons. The number of hydrogen-bond donors (Lipinski definition) is 2. The first kappa shape index (κ1) is 15.5. The monoisotopic (exact) mass is 319 g/mol. The van der Waals surface area contributed by atoms with Gasteiger partial charge in [-0.1, -0.05) is 18.2 Å². The maximum Gasteiger partial charge on any atom is 0.338 e. The second-order valence-corrected chi connectivity index (χ2v) is 5.85. The topological polar surface area (TPSA) is 83.5 Å². The van der Waals surface area contributed by atoms with Crippen molar-refractivity contribution >= 4 is 45.4 Å². The Morgan fingerprint density at radius 1 is 1.16 bits per heavy atom. The average Bonchev–Trinajstić information content (AvgIpc) is 2.78. The number of halogens is 1. The van der Waals surface area contributed by atoms with E-state index in [0.29, 0.717) is 0 Å². The van der Waals surface area contributed by atoms with Crippen molar-refractivity contribution in [1.29, 1.82) is 0 Å². The Morgan fingerprint density at radius 3 is 2.37 bits per heavy atom. The number of carboxylic acid groups (broad SMARTS) is 1. The number of nitrogens with one attached hydrogen (secondary N) is 1. The molecule has 2 rings (SSSR count). The van der Waals surface area contributed by atoms with E-state index >= 15 is 0 Å². The lowest BCUT2D eigenvalue weighted by Crippen LogP contribution is -2.14. The summed E-state index contributed by atoms with van der Waals surface area (Å²) in [6.45, 7) is 0. The molecule has 0 aliphatic heterocycles. The van der Waals surface area contributed by atoms with Crippen LogP contribution in [0.15, 0.2) is 46.0 Å². The van der Waals surface area contributed by atoms with Gasteiger partial charge in [-0.05, 0) is 12.1 Å². The summed E-state index contributed by atoms with van der Waals surface area (Å²) in [6.07, 6.45) is 0. The number of thiophene rings is 1. The first-order valence-corrected chi connectivity index (χ1v) is 7.30. The first-order chi connectivity index (χ1) is 8.50. The summed E-state index contributed by atoms with van der Waals surface area (Å²) in [6, 6.07) is 7.77. The fourth-order valence-corrected chi connectivity index (χ4v) is 3.27. The molecule has 2 aromatic rings. The summed E-state index contributed by atoms with van der Waals surface area (Å²) in [4.78, 5) is 11.0. The van der Waals surface area contributed by atoms with Crippen LogP contribution >= 0.6 is 23.7 Å². The van der Waals surface area contributed by atoms with Gasteiger partial charge in [0, 0.05) is 10.8 Å². The van der Waals surface area contributed by atoms with E-state index in [1.807, 2.05) is 0 Å². The molecule has 0 atom stereocenters. The van der Waals surface area contributed by atoms with Crippen LogP contribution < -0.4 is 4.72 Å². The standard InChI is InChI=1S/C11H9NO4S2.ClH/c13-11(14)9-6-17-7-10(9)12-18(15,16)8-4-2-1-3-5-8;/h1-7,12H,(H,13,14);1H. The van der Waals surface area contributed by atoms with E-state index in [1.165, 1.54) is 22.9 Å². The van der Waals surface area contributed by atoms with Gasteiger partial charge < -0.3 is 5.11 Å². The van der Waals surface area contributed by atoms with Crippen molar-refractivity contribution in [3.05, 3.63) is 46.7 Å². The number of rotatable bonds is 4. The van der Waals surface area contributed by atoms with Crippen LogP contribution in [0.4, 0.5) is 5.69 Å². The molecular formula is C11H10ClNO4S2. The van der Waals surface area contributed by atoms with Crippen molar-refractivity contribution in [2.75, 3.05) is 4.72 Å². The zero-order valence-electron chi connectivity index (χ0n) is 9.44. The Morgan fingerprint density at radius 2 is 1.79 bits per heavy atom. The lowest BCUT2D eigenvalue weighted by Gasteiger charge is -2.07. The predicted molar refractivity (Wildman–Crippen MR) is 75.8 cm³/mol. The lowest BCUT2D eigenvalue weighted by atomic mass is 10.3. The molecule has 0 aliphatic carbocycles. The Hall–Kier alpha value is -1.57. The fourth-order valence-electron chi connectivity index (χ4n) is 1.35. The molecule has 19 heavy (non-hydrogen) atoms. The molecule has 1 heterocycles. The maximum absolute atomic E-state index is 12.0. The van der Waals surface area contributed by atoms with Gasteiger partial charge in [-0.25, -0.2) is 13.2 Å². The van der Waals surface area contributed by atoms with Crippen molar-refractivity contribution in [3.63, 3.8) is 0 Å². The van der Waals surface area contributed by atoms with Crippen LogP contribution in [0.25, 0.3) is 0 Å². The Bertz CT molecular complexity index is 667. The Balaban J connectivity index is 0.00000180. The molecular weight excluding hydrogens is 310 g/mol. The molecule has 2 N–H and O–H groups in total. The molecule has 0 spiro atoms. The third-order valence-corrected chi connectivity index (χ3v) is 4.32. The highest BCUT2D eigenvalue weighted by atomic mass is 35.5. The van der Waals surface area contributed by atoms with Crippen molar-refractivity contribution in [1.82, 2.24) is 0 Å². The third-order valence-electron chi connectivity index (χ3n) is 2.19. The Labute approximate surface area is 120 Å². The summed E-state index contributed by atoms with van der Waals surface area (Å²) in [5.74, 6) is -1.16. The molecule has 0 bridgehead atoms. The molecule has 0 saturated carbocycles. The van der Waals surface area contributed by atoms with Gasteiger partial charge in [0.15, 0.2) is 0 Å². The van der Waals surface area contributed by atoms with E-state index in [1.54, 1.807) is 18.2 Å². The molecule has 5 nitrogen and oxygen atoms in total. The fraction of sp³-hybridized carbons (Fsp3) is 0. The molecule has 8 heteroatoms. The van der Waals surface area contributed by atoms with E-state index in [-0.39, 0.29) is 28.6 Å². The summed E-state index contributed by atoms with van der Waals surface area (Å²) >= 11 is 1.12. The molecule has 102 valence electrons. The summed E-state index contributed by atoms with van der Waals surface area (Å²) in [5, 5.41) is 11.7. The highest BCUT2D eigenvalue weighted by Gasteiger charge is 2.18. The van der Waals surface area contributed by atoms with Crippen molar-refractivity contribution in [2.45, 2.75) is 4.90 Å². The van der Waals surface area contributed by atoms with E-state index in [9.17, 15) is 13.2 Å². The van der Waals surface area contributed by atoms with Crippen LogP contribution in [0.2, 0.25) is 0 Å². The number of carboxylic acids is 1. The van der Waals surface area contributed by atoms with Crippen LogP contribution in [0, 0.1) is 0 Å². The maximum atomic E-state index is 12.0. The highest BCUT2D eigenvalue weighted by molar-refractivity contribution is 7.92. The van der Waals surface area contributed by atoms with E-state index in [2.05, 4.69) is 4.72 Å². The molecule has 0 aliphatic rings. The molecule has 1 aromatic carbocycles. The van der Waals surface area contributed by atoms with Crippen LogP contribution in [-0.4, -0.2) is 19.5 Å². The minimum absolute atomic E-state index is 0. The van der Waals surface area contributed by atoms with Crippen LogP contribution in [-0.2, 0) is 10.0 Å². The van der Waals surface area contributed by atoms with Gasteiger partial charge in [-0.2, -0.15) is 0 Å². The Kier molecular flexibility index (Phi) is 4.93. The van der Waals surface area contributed by atoms with Crippen molar-refractivity contribution in [2.24, 2.45) is 0 Å². The number of benzene rings is 1. The minimum Gasteiger partial charge on any atom is -0.478 e. The number of hydrogen-bond acceptors (Lipinski definition) is 4. The van der Waals surface area contributed by atoms with Gasteiger partial charge in [0.25, 0.3) is 10.0 Å². The quantitative estimate of drug-likeness (QED) is 0.907. The third kappa shape index (κ3) is 3.46. The number of aromatic carboxylic acids is 1. The van der Waals surface area contributed by atoms with Gasteiger partial charge in [0.05, 0.1) is 16.1 Å². The second kappa shape index (κ2) is 6.05. The number of anilines is 1. The highest BCUT2D eigenvalue weighted by Crippen LogP contribution is 2.24. The second-order valence-electron chi connectivity index (χ2n) is 3.42. The van der Waals surface area contributed by atoms with Crippen LogP contribution in [0.1, 0.15) is 10.4 Å². The zero-order chi connectivity index (χ0) is 13.2. The predicted octanol–water partition coefficient (Wildman–Crippen LogP) is 2.67. The van der Waals surface area contributed by atoms with Gasteiger partial charge in [-0.3, -0.25) is 4.72 Å². The number of sulfonamides is 1. The average molecular weight is 320 g/mol. The zero-order valence-corrected chi connectivity index (χ0v) is 11.9. The summed E-state index contributed by atoms with van der Waals surface area (Å²) in [5.41, 5.74) is 0.0239. The van der Waals surface area contributed by atoms with Crippen LogP contribution in [0.3, 0.4) is 0 Å². The molecule has 0 fully saturated rings. The van der Waals surface area contributed by atoms with E-state index < -0.39 is 16.0 Å². The summed E-state index contributed by atoms with van der Waals surface area (Å²) < 4.78 is 26.2. The number of carbonyl (C=O) groups is 1. The van der Waals surface area contributed by atoms with Crippen molar-refractivity contribution in [3.8, 4) is 0 Å². The normalized spacial score (nSPS) is 10.5. The molecule has 0 saturated heterocycles. The van der Waals surface area contributed by atoms with E-state index in [4.69, 9.17) is 5.11 Å². The van der Waals surface area contributed by atoms with Crippen molar-refractivity contribution < 1.29 is 18.3 Å². The smallest absolute Gasteiger partial charge is 0.338 e. The van der Waals surface area contributed by atoms with Gasteiger partial charge in [-0.15, -0.1) is 23.7 Å². The molecule has 1 aromatic heterocycles. The van der Waals surface area contributed by atoms with E-state index in [0.717, 1.165) is 11.3 Å². The minimum atomic E-state index is -3.75. The lowest BCUT2D eigenvalue weighted by molar-refractivity contribution is 0.0698. The summed E-state index contributed by atoms with van der Waals surface area (Å²) in [7, 11) is -3.75. The SMILES string of the molecule is Cl.O=C(O)c1cscc1NS(=O)(=O)c1ccccc1. The van der Waals surface area contributed by atoms with Gasteiger partial charge >= 0.3 is 5.97 Å². The molecule has 0 unspecified atom stereocenters. The van der Waals surface area contributed by atoms with Crippen LogP contribution in [0.5, 0.6) is 0 Å². The van der Waals surface area contributed by atoms with Gasteiger partial charge in [0.1, 0.15) is 0 Å². The largest absolute Gasteiger partial charge is 0.478 e. The first-order valence-electron chi connectivity index (χ1n) is 4.88. The molecule has 0 amide bonds.